The Labute approximate surface area is 963 Å². The quantitative estimate of drug-likeness (QED) is 0.00237. The van der Waals surface area contributed by atoms with Crippen molar-refractivity contribution in [1.82, 2.24) is 20.3 Å². The molecule has 4 fully saturated rings. The number of hydroxylamine groups is 8. The van der Waals surface area contributed by atoms with E-state index in [0.717, 1.165) is 115 Å². The second kappa shape index (κ2) is 67.7. The third kappa shape index (κ3) is 39.7. The number of thiocarbonyl (C=S) groups is 1. The number of para-hydroxylation sites is 6. The summed E-state index contributed by atoms with van der Waals surface area (Å²) in [4.78, 5) is 106. The molecule has 7 aliphatic heterocycles. The van der Waals surface area contributed by atoms with Crippen LogP contribution in [0.5, 0.6) is 0 Å². The summed E-state index contributed by atoms with van der Waals surface area (Å²) in [5.41, 5.74) is 19.1. The van der Waals surface area contributed by atoms with Crippen LogP contribution in [0, 0.1) is 0 Å². The van der Waals surface area contributed by atoms with Crippen LogP contribution < -0.4 is 93.0 Å². The van der Waals surface area contributed by atoms with Gasteiger partial charge in [-0.2, -0.15) is 37.1 Å². The van der Waals surface area contributed by atoms with Crippen LogP contribution in [0.4, 0.5) is 34.1 Å². The van der Waals surface area contributed by atoms with Gasteiger partial charge in [-0.15, -0.1) is 46.9 Å². The molecule has 4 saturated heterocycles. The molecule has 9 aromatic carbocycles. The van der Waals surface area contributed by atoms with Gasteiger partial charge in [-0.3, -0.25) is 66.9 Å². The van der Waals surface area contributed by atoms with Gasteiger partial charge in [0, 0.05) is 146 Å². The van der Waals surface area contributed by atoms with Crippen LogP contribution in [0.25, 0.3) is 11.1 Å². The number of anilines is 6. The van der Waals surface area contributed by atoms with E-state index in [0.29, 0.717) is 69.0 Å². The molecular weight excluding hydrogens is 2430 g/mol. The number of carbonyl (C=O) groups is 7. The third-order valence-corrected chi connectivity index (χ3v) is 31.2. The van der Waals surface area contributed by atoms with Gasteiger partial charge in [0.2, 0.25) is 5.91 Å². The molecule has 5 N–H and O–H groups in total. The summed E-state index contributed by atoms with van der Waals surface area (Å²) in [6.07, 6.45) is 2.16. The molecule has 1 unspecified atom stereocenters. The Balaban J connectivity index is 0.000000387. The third-order valence-electron chi connectivity index (χ3n) is 21.1. The standard InChI is InChI=1S/C30H32N2O6S3.C26H28N2O4S3.C24H23NO3S3.C5H6ClNO3.C5H6INO3.C4H5NO3.CH2ClI.CH4O2.CH4.HI.Li.Na.H2/c1-37-41(35,36)19-9-18-39-30(40-21-38-32-27(33)16-17-28(32)34)29-23-12-5-7-14-25(23)31(20-22-10-3-2-4-11-22)26-15-8-6-13-24(26)29;1-31-35(29,30)17-9-16-33-26(34-19-32-27)25-21-12-5-7-14-23(21)28(18-20-10-3-2-4-11-20)24-15-8-6-13-22(24)25;26-31(27,28)16-8-15-30-24(29)23-19-11-4-6-13-21(19)25(17-18-9-2-1-3-10-18)22-14-7-5-12-20(22)23;2*6-3-10-7-4(8)1-2-5(7)9;6-3-1-2-4(7)5(3)8;2-1-3;1-3-2;;;;;/h2-8,10-15,27,33H,9,16-21H2,1H3;2-8,10-15H,9,16-19,27H2,1H3;1-7,9-14,23H,8,15-17H2,(H,26,27,28);2*1-3H2;8H,1-2H2;1H2;2H,1H3;1H4;1H;;;1H/q;;;;;;;;;;2*+1;/p-2/i;;;;;;;;;;;;1+1. The van der Waals surface area contributed by atoms with E-state index in [1.807, 2.05) is 126 Å². The average molecular weight is 2540 g/mol. The molecule has 7 aliphatic rings. The van der Waals surface area contributed by atoms with Crippen molar-refractivity contribution in [2.45, 2.75) is 110 Å². The maximum atomic E-state index is 12.1. The van der Waals surface area contributed by atoms with E-state index < -0.39 is 48.4 Å². The van der Waals surface area contributed by atoms with Gasteiger partial charge in [-0.25, -0.2) is 24.0 Å². The van der Waals surface area contributed by atoms with Crippen LogP contribution in [0.2, 0.25) is 0 Å². The first-order valence-electron chi connectivity index (χ1n) is 43.5. The van der Waals surface area contributed by atoms with Crippen molar-refractivity contribution in [2.24, 2.45) is 5.90 Å². The molecule has 0 aromatic heterocycles. The Bertz CT molecular complexity index is 5930. The Morgan fingerprint density at radius 2 is 0.772 bits per heavy atom. The number of imide groups is 3. The molecule has 0 saturated carbocycles. The van der Waals surface area contributed by atoms with Crippen LogP contribution in [0.15, 0.2) is 245 Å². The number of fused-ring (bicyclic) bond motifs is 6. The largest absolute Gasteiger partial charge is 1.00 e. The maximum Gasteiger partial charge on any atom is 1.00 e. The molecule has 145 heavy (non-hydrogen) atoms. The normalized spacial score (nSPS) is 14.6. The van der Waals surface area contributed by atoms with Gasteiger partial charge in [0.25, 0.3) is 55.7 Å². The molecule has 0 bridgehead atoms. The van der Waals surface area contributed by atoms with Gasteiger partial charge < -0.3 is 48.3 Å². The molecule has 7 heterocycles. The number of halogens is 5. The van der Waals surface area contributed by atoms with Gasteiger partial charge in [0.1, 0.15) is 22.6 Å². The summed E-state index contributed by atoms with van der Waals surface area (Å²) < 4.78 is 93.0. The van der Waals surface area contributed by atoms with E-state index >= 15 is 0 Å². The number of amides is 7. The Morgan fingerprint density at radius 1 is 0.462 bits per heavy atom. The molecule has 0 aliphatic carbocycles. The minimum Gasteiger partial charge on any atom is -1.00 e. The Morgan fingerprint density at radius 3 is 1.09 bits per heavy atom. The fraction of sp³-hybridized carbons (Fsp3) is 0.320. The minimum atomic E-state index is -4.19. The zero-order valence-corrected chi connectivity index (χ0v) is 96.4. The van der Waals surface area contributed by atoms with E-state index in [2.05, 4.69) is 189 Å². The Hall–Kier alpha value is -5.67. The van der Waals surface area contributed by atoms with Crippen LogP contribution in [0.1, 0.15) is 135 Å². The zero-order valence-electron chi connectivity index (χ0n) is 79.0. The van der Waals surface area contributed by atoms with Crippen molar-refractivity contribution in [3.63, 3.8) is 0 Å². The van der Waals surface area contributed by atoms with Gasteiger partial charge in [0.05, 0.1) is 65.4 Å². The van der Waals surface area contributed by atoms with Crippen LogP contribution in [-0.4, -0.2) is 200 Å². The summed E-state index contributed by atoms with van der Waals surface area (Å²) >= 11 is 27.5. The van der Waals surface area contributed by atoms with Gasteiger partial charge >= 0.3 is 48.4 Å². The first-order valence-corrected chi connectivity index (χ1v) is 57.6. The van der Waals surface area contributed by atoms with Crippen molar-refractivity contribution < 1.29 is 185 Å². The number of nitrogens with zero attached hydrogens (tertiary/aromatic N) is 7. The number of nitrogens with two attached hydrogens (primary N) is 1. The van der Waals surface area contributed by atoms with Crippen molar-refractivity contribution in [1.29, 1.82) is 0 Å². The number of carbonyl (C=O) groups excluding carboxylic acids is 7. The monoisotopic (exact) mass is 2540 g/mol. The first kappa shape index (κ1) is 130. The number of hydrogen-bond donors (Lipinski definition) is 4. The van der Waals surface area contributed by atoms with E-state index in [9.17, 15) is 68.5 Å². The second-order valence-corrected chi connectivity index (χ2v) is 44.7. The van der Waals surface area contributed by atoms with Gasteiger partial charge in [-0.05, 0) is 101 Å². The number of thioether (sulfide) groups is 5. The van der Waals surface area contributed by atoms with E-state index in [4.69, 9.17) is 66.3 Å². The second-order valence-electron chi connectivity index (χ2n) is 30.3. The molecule has 48 heteroatoms. The smallest absolute Gasteiger partial charge is 1.00 e. The SMILES string of the molecule is C.COO.COS(=O)(=O)CCCSC(SCON)=C1c2ccccc2N(Cc2ccccc2)c2ccccc21.COS(=O)(=O)CCCSC(SCON1C(=O)CCC1O)=C1c2ccccc2N(Cc2ccccc2)c2ccccc21.ClCI.O=C1CCC(=O)N1O.O=C1CCC(=O)N1OCCl.O=C1CCC(=O)N1OCI.O=S(=O)([O-])CCCSC(=S)C1c2ccccc2N(Cc2ccccc2)c2ccccc21.[2HH].[I-].[Li+].[Na+]. The molecular formula is C97H111Cl2I3LiN8NaO24S9. The Kier molecular flexibility index (Phi) is 60.6. The van der Waals surface area contributed by atoms with E-state index in [1.54, 1.807) is 23.5 Å². The zero-order chi connectivity index (χ0) is 102. The number of benzene rings is 9. The summed E-state index contributed by atoms with van der Waals surface area (Å²) in [7, 11) is -7.68. The number of aliphatic hydroxyl groups is 1. The summed E-state index contributed by atoms with van der Waals surface area (Å²) in [6.45, 7) is 2.20. The summed E-state index contributed by atoms with van der Waals surface area (Å²) in [5, 5.41) is 28.4. The summed E-state index contributed by atoms with van der Waals surface area (Å²) in [5.74, 6) is 4.59. The first-order chi connectivity index (χ1) is 67.9. The number of alkyl halides is 4. The van der Waals surface area contributed by atoms with Crippen molar-refractivity contribution in [3.05, 3.63) is 295 Å². The number of hydrogen-bond acceptors (Lipinski definition) is 34. The van der Waals surface area contributed by atoms with E-state index in [1.165, 1.54) is 73.3 Å². The van der Waals surface area contributed by atoms with Gasteiger partial charge in [0.15, 0.2) is 6.23 Å². The fourth-order valence-electron chi connectivity index (χ4n) is 14.9. The van der Waals surface area contributed by atoms with Gasteiger partial charge in [-0.1, -0.05) is 300 Å². The fourth-order valence-corrected chi connectivity index (χ4v) is 23.4. The summed E-state index contributed by atoms with van der Waals surface area (Å²) in [6, 6.07) is 80.9. The molecule has 32 nitrogen and oxygen atoms in total. The van der Waals surface area contributed by atoms with Crippen molar-refractivity contribution in [2.75, 3.05) is 97.0 Å². The van der Waals surface area contributed by atoms with Crippen LogP contribution in [0.3, 0.4) is 0 Å². The predicted octanol–water partition coefficient (Wildman–Crippen LogP) is 10.8. The molecule has 0 spiro atoms. The average Bonchev–Trinajstić information content (AvgIpc) is 1.31. The molecule has 774 valence electrons. The maximum absolute atomic E-state index is 12.1. The topological polar surface area (TPSA) is 419 Å². The van der Waals surface area contributed by atoms with Crippen LogP contribution in [-0.2, 0) is 116 Å². The van der Waals surface area contributed by atoms with Crippen LogP contribution >= 0.6 is 139 Å². The van der Waals surface area contributed by atoms with E-state index in [-0.39, 0.29) is 196 Å². The molecule has 9 aromatic rings. The molecule has 1 atom stereocenters. The molecule has 7 amide bonds. The van der Waals surface area contributed by atoms with Crippen molar-refractivity contribution in [3.8, 4) is 0 Å². The van der Waals surface area contributed by atoms with Crippen molar-refractivity contribution >= 4 is 261 Å². The predicted molar refractivity (Wildman–Crippen MR) is 583 cm³/mol. The number of aliphatic hydroxyl groups excluding tert-OH is 1. The minimum absolute atomic E-state index is 0. The number of rotatable bonds is 34. The molecule has 0 radical (unpaired) electrons. The molecule has 16 rings (SSSR count).